The molecule has 0 unspecified atom stereocenters. The van der Waals surface area contributed by atoms with E-state index in [-0.39, 0.29) is 17.3 Å². The number of benzene rings is 1. The van der Waals surface area contributed by atoms with Crippen LogP contribution in [0.1, 0.15) is 40.6 Å². The van der Waals surface area contributed by atoms with Gasteiger partial charge in [0.05, 0.1) is 22.2 Å². The van der Waals surface area contributed by atoms with Crippen LogP contribution >= 0.6 is 0 Å². The van der Waals surface area contributed by atoms with Crippen molar-refractivity contribution in [3.8, 4) is 0 Å². The van der Waals surface area contributed by atoms with E-state index in [0.29, 0.717) is 42.7 Å². The standard InChI is InChI=1S/C20H22FN5O3/c1-11-17(12(2)24(3)23-11)19(28)25-8-6-14(7-9-25)26-18(27)15-10-13(21)4-5-16(15)22-20(26)29/h4-5,10,14H,6-9H2,1-3H3,(H,22,29). The van der Waals surface area contributed by atoms with E-state index in [9.17, 15) is 18.8 Å². The third-order valence-corrected chi connectivity index (χ3v) is 5.73. The molecule has 1 N–H and O–H groups in total. The fourth-order valence-corrected chi connectivity index (χ4v) is 4.10. The first-order chi connectivity index (χ1) is 13.8. The maximum absolute atomic E-state index is 13.6. The molecule has 1 fully saturated rings. The van der Waals surface area contributed by atoms with Crippen LogP contribution in [0.5, 0.6) is 0 Å². The quantitative estimate of drug-likeness (QED) is 0.709. The second kappa shape index (κ2) is 6.98. The van der Waals surface area contributed by atoms with Crippen LogP contribution in [-0.2, 0) is 7.05 Å². The minimum Gasteiger partial charge on any atom is -0.338 e. The summed E-state index contributed by atoms with van der Waals surface area (Å²) >= 11 is 0. The molecule has 2 aromatic heterocycles. The molecule has 0 bridgehead atoms. The van der Waals surface area contributed by atoms with Gasteiger partial charge in [-0.25, -0.2) is 9.18 Å². The van der Waals surface area contributed by atoms with Crippen LogP contribution in [0.15, 0.2) is 27.8 Å². The number of carbonyl (C=O) groups excluding carboxylic acids is 1. The van der Waals surface area contributed by atoms with Crippen LogP contribution in [0.4, 0.5) is 4.39 Å². The number of carbonyl (C=O) groups is 1. The average molecular weight is 399 g/mol. The van der Waals surface area contributed by atoms with Crippen molar-refractivity contribution >= 4 is 16.8 Å². The van der Waals surface area contributed by atoms with E-state index in [1.165, 1.54) is 12.1 Å². The SMILES string of the molecule is Cc1nn(C)c(C)c1C(=O)N1CCC(n2c(=O)[nH]c3ccc(F)cc3c2=O)CC1. The Balaban J connectivity index is 1.60. The van der Waals surface area contributed by atoms with Crippen molar-refractivity contribution in [2.75, 3.05) is 13.1 Å². The molecule has 29 heavy (non-hydrogen) atoms. The van der Waals surface area contributed by atoms with Gasteiger partial charge in [0.2, 0.25) is 0 Å². The van der Waals surface area contributed by atoms with Crippen LogP contribution in [-0.4, -0.2) is 43.2 Å². The molecule has 0 spiro atoms. The Labute approximate surface area is 165 Å². The minimum atomic E-state index is -0.532. The molecule has 1 aliphatic heterocycles. The van der Waals surface area contributed by atoms with Gasteiger partial charge in [0, 0.05) is 31.9 Å². The predicted molar refractivity (Wildman–Crippen MR) is 106 cm³/mol. The molecule has 8 nitrogen and oxygen atoms in total. The van der Waals surface area contributed by atoms with Gasteiger partial charge in [0.25, 0.3) is 11.5 Å². The number of fused-ring (bicyclic) bond motifs is 1. The summed E-state index contributed by atoms with van der Waals surface area (Å²) in [7, 11) is 1.80. The Morgan fingerprint density at radius 3 is 2.52 bits per heavy atom. The highest BCUT2D eigenvalue weighted by atomic mass is 19.1. The number of aromatic amines is 1. The molecule has 3 aromatic rings. The van der Waals surface area contributed by atoms with E-state index >= 15 is 0 Å². The van der Waals surface area contributed by atoms with E-state index in [2.05, 4.69) is 10.1 Å². The van der Waals surface area contributed by atoms with Crippen molar-refractivity contribution in [1.82, 2.24) is 24.2 Å². The summed E-state index contributed by atoms with van der Waals surface area (Å²) in [5.41, 5.74) is 1.37. The summed E-state index contributed by atoms with van der Waals surface area (Å²) < 4.78 is 16.4. The summed E-state index contributed by atoms with van der Waals surface area (Å²) in [6.07, 6.45) is 0.932. The van der Waals surface area contributed by atoms with E-state index in [1.54, 1.807) is 23.6 Å². The fourth-order valence-electron chi connectivity index (χ4n) is 4.10. The third kappa shape index (κ3) is 3.16. The molecule has 1 aliphatic rings. The maximum Gasteiger partial charge on any atom is 0.329 e. The molecule has 0 saturated carbocycles. The van der Waals surface area contributed by atoms with Gasteiger partial charge in [-0.15, -0.1) is 0 Å². The Bertz CT molecular complexity index is 1230. The molecule has 1 saturated heterocycles. The number of nitrogens with one attached hydrogen (secondary N) is 1. The largest absolute Gasteiger partial charge is 0.338 e. The molecule has 1 aromatic carbocycles. The van der Waals surface area contributed by atoms with Gasteiger partial charge in [0.15, 0.2) is 0 Å². The Morgan fingerprint density at radius 2 is 1.90 bits per heavy atom. The van der Waals surface area contributed by atoms with Crippen molar-refractivity contribution < 1.29 is 9.18 Å². The van der Waals surface area contributed by atoms with Crippen molar-refractivity contribution in [3.63, 3.8) is 0 Å². The molecule has 4 rings (SSSR count). The second-order valence-electron chi connectivity index (χ2n) is 7.49. The zero-order valence-electron chi connectivity index (χ0n) is 16.5. The number of likely N-dealkylation sites (tertiary alicyclic amines) is 1. The van der Waals surface area contributed by atoms with Gasteiger partial charge in [-0.1, -0.05) is 0 Å². The Kier molecular flexibility index (Phi) is 4.60. The number of nitrogens with zero attached hydrogens (tertiary/aromatic N) is 4. The van der Waals surface area contributed by atoms with Gasteiger partial charge in [0.1, 0.15) is 5.82 Å². The summed E-state index contributed by atoms with van der Waals surface area (Å²) in [5, 5.41) is 4.44. The molecule has 9 heteroatoms. The zero-order valence-corrected chi connectivity index (χ0v) is 16.5. The molecule has 3 heterocycles. The number of hydrogen-bond donors (Lipinski definition) is 1. The number of halogens is 1. The van der Waals surface area contributed by atoms with Gasteiger partial charge < -0.3 is 9.88 Å². The average Bonchev–Trinajstić information content (AvgIpc) is 2.94. The molecular weight excluding hydrogens is 377 g/mol. The molecule has 0 aliphatic carbocycles. The zero-order chi connectivity index (χ0) is 20.9. The fraction of sp³-hybridized carbons (Fsp3) is 0.400. The number of piperidine rings is 1. The molecule has 1 amide bonds. The van der Waals surface area contributed by atoms with Crippen LogP contribution in [0.3, 0.4) is 0 Å². The number of amides is 1. The van der Waals surface area contributed by atoms with E-state index < -0.39 is 17.1 Å². The number of H-pyrrole nitrogens is 1. The lowest BCUT2D eigenvalue weighted by Crippen LogP contribution is -2.45. The van der Waals surface area contributed by atoms with E-state index in [0.717, 1.165) is 16.3 Å². The van der Waals surface area contributed by atoms with E-state index in [4.69, 9.17) is 0 Å². The maximum atomic E-state index is 13.6. The van der Waals surface area contributed by atoms with Crippen LogP contribution in [0, 0.1) is 19.7 Å². The predicted octanol–water partition coefficient (Wildman–Crippen LogP) is 1.66. The lowest BCUT2D eigenvalue weighted by atomic mass is 10.0. The molecule has 0 radical (unpaired) electrons. The normalized spacial score (nSPS) is 15.2. The monoisotopic (exact) mass is 399 g/mol. The first-order valence-electron chi connectivity index (χ1n) is 9.51. The number of rotatable bonds is 2. The summed E-state index contributed by atoms with van der Waals surface area (Å²) in [6.45, 7) is 4.50. The van der Waals surface area contributed by atoms with Crippen LogP contribution < -0.4 is 11.2 Å². The Morgan fingerprint density at radius 1 is 1.21 bits per heavy atom. The second-order valence-corrected chi connectivity index (χ2v) is 7.49. The van der Waals surface area contributed by atoms with E-state index in [1.807, 2.05) is 6.92 Å². The summed E-state index contributed by atoms with van der Waals surface area (Å²) in [4.78, 5) is 42.6. The molecule has 0 atom stereocenters. The topological polar surface area (TPSA) is 93.0 Å². The highest BCUT2D eigenvalue weighted by Gasteiger charge is 2.29. The van der Waals surface area contributed by atoms with Crippen LogP contribution in [0.2, 0.25) is 0 Å². The van der Waals surface area contributed by atoms with Gasteiger partial charge in [-0.05, 0) is 44.9 Å². The first-order valence-corrected chi connectivity index (χ1v) is 9.51. The van der Waals surface area contributed by atoms with Crippen molar-refractivity contribution in [1.29, 1.82) is 0 Å². The highest BCUT2D eigenvalue weighted by molar-refractivity contribution is 5.96. The Hall–Kier alpha value is -3.23. The van der Waals surface area contributed by atoms with Crippen molar-refractivity contribution in [3.05, 3.63) is 61.8 Å². The molecule has 152 valence electrons. The van der Waals surface area contributed by atoms with Crippen LogP contribution in [0.25, 0.3) is 10.9 Å². The first kappa shape index (κ1) is 19.1. The molecular formula is C20H22FN5O3. The number of aryl methyl sites for hydroxylation is 2. The minimum absolute atomic E-state index is 0.0895. The lowest BCUT2D eigenvalue weighted by Gasteiger charge is -2.32. The van der Waals surface area contributed by atoms with Gasteiger partial charge in [-0.2, -0.15) is 5.10 Å². The van der Waals surface area contributed by atoms with Crippen molar-refractivity contribution in [2.24, 2.45) is 7.05 Å². The van der Waals surface area contributed by atoms with Gasteiger partial charge in [-0.3, -0.25) is 18.8 Å². The number of hydrogen-bond acceptors (Lipinski definition) is 4. The number of aromatic nitrogens is 4. The lowest BCUT2D eigenvalue weighted by molar-refractivity contribution is 0.0690. The third-order valence-electron chi connectivity index (χ3n) is 5.73. The summed E-state index contributed by atoms with van der Waals surface area (Å²) in [5.74, 6) is -0.621. The smallest absolute Gasteiger partial charge is 0.329 e. The van der Waals surface area contributed by atoms with Crippen molar-refractivity contribution in [2.45, 2.75) is 32.7 Å². The summed E-state index contributed by atoms with van der Waals surface area (Å²) in [6, 6.07) is 3.38. The highest BCUT2D eigenvalue weighted by Crippen LogP contribution is 2.23. The van der Waals surface area contributed by atoms with Gasteiger partial charge >= 0.3 is 5.69 Å².